The third kappa shape index (κ3) is 5.53. The molecule has 1 aliphatic carbocycles. The van der Waals surface area contributed by atoms with E-state index in [0.29, 0.717) is 48.4 Å². The molecule has 1 aliphatic rings. The van der Waals surface area contributed by atoms with Crippen molar-refractivity contribution in [1.82, 2.24) is 25.3 Å². The molecule has 0 spiro atoms. The van der Waals surface area contributed by atoms with Gasteiger partial charge in [-0.15, -0.1) is 0 Å². The number of hydrogen-bond acceptors (Lipinski definition) is 6. The Labute approximate surface area is 190 Å². The Hall–Kier alpha value is -2.77. The summed E-state index contributed by atoms with van der Waals surface area (Å²) < 4.78 is 5.22. The molecule has 8 nitrogen and oxygen atoms in total. The molecule has 8 heteroatoms. The lowest BCUT2D eigenvalue weighted by Crippen LogP contribution is -2.33. The van der Waals surface area contributed by atoms with Crippen molar-refractivity contribution in [3.8, 4) is 0 Å². The summed E-state index contributed by atoms with van der Waals surface area (Å²) >= 11 is 0. The first-order chi connectivity index (χ1) is 15.3. The monoisotopic (exact) mass is 441 g/mol. The fourth-order valence-corrected chi connectivity index (χ4v) is 4.28. The Bertz CT molecular complexity index is 927. The van der Waals surface area contributed by atoms with E-state index >= 15 is 0 Å². The van der Waals surface area contributed by atoms with Crippen molar-refractivity contribution in [2.24, 2.45) is 5.92 Å². The average Bonchev–Trinajstić information content (AvgIpc) is 3.29. The molecule has 2 aromatic heterocycles. The minimum atomic E-state index is -0.193. The van der Waals surface area contributed by atoms with Gasteiger partial charge in [0.25, 0.3) is 11.8 Å². The number of nitrogens with one attached hydrogen (secondary N) is 1. The summed E-state index contributed by atoms with van der Waals surface area (Å²) in [6.07, 6.45) is 5.52. The number of hydrogen-bond donors (Lipinski definition) is 1. The van der Waals surface area contributed by atoms with Crippen molar-refractivity contribution in [2.45, 2.75) is 72.1 Å². The van der Waals surface area contributed by atoms with Crippen LogP contribution in [0.4, 0.5) is 0 Å². The van der Waals surface area contributed by atoms with Crippen LogP contribution in [-0.4, -0.2) is 51.5 Å². The van der Waals surface area contributed by atoms with Crippen LogP contribution in [0.1, 0.15) is 103 Å². The van der Waals surface area contributed by atoms with E-state index in [0.717, 1.165) is 31.4 Å². The quantitative estimate of drug-likeness (QED) is 0.662. The molecular weight excluding hydrogens is 406 g/mol. The van der Waals surface area contributed by atoms with Crippen molar-refractivity contribution in [3.05, 3.63) is 40.8 Å². The second-order valence-corrected chi connectivity index (χ2v) is 8.89. The van der Waals surface area contributed by atoms with Crippen molar-refractivity contribution >= 4 is 11.8 Å². The molecule has 0 saturated heterocycles. The molecule has 2 amide bonds. The average molecular weight is 442 g/mol. The van der Waals surface area contributed by atoms with Crippen molar-refractivity contribution in [3.63, 3.8) is 0 Å². The summed E-state index contributed by atoms with van der Waals surface area (Å²) in [5, 5.41) is 6.87. The number of carbonyl (C=O) groups is 2. The Morgan fingerprint density at radius 1 is 1.19 bits per heavy atom. The van der Waals surface area contributed by atoms with Gasteiger partial charge in [-0.2, -0.15) is 0 Å². The van der Waals surface area contributed by atoms with E-state index in [1.165, 1.54) is 0 Å². The highest BCUT2D eigenvalue weighted by Crippen LogP contribution is 2.36. The number of aromatic nitrogens is 3. The van der Waals surface area contributed by atoms with Crippen LogP contribution in [0, 0.1) is 12.8 Å². The predicted octanol–water partition coefficient (Wildman–Crippen LogP) is 4.08. The van der Waals surface area contributed by atoms with Gasteiger partial charge in [-0.05, 0) is 52.4 Å². The van der Waals surface area contributed by atoms with E-state index < -0.39 is 0 Å². The normalized spacial score (nSPS) is 18.6. The van der Waals surface area contributed by atoms with Gasteiger partial charge in [0.2, 0.25) is 0 Å². The first-order valence-electron chi connectivity index (χ1n) is 11.7. The second kappa shape index (κ2) is 10.7. The Kier molecular flexibility index (Phi) is 7.99. The second-order valence-electron chi connectivity index (χ2n) is 8.89. The van der Waals surface area contributed by atoms with Gasteiger partial charge in [-0.25, -0.2) is 9.97 Å². The molecular formula is C24H35N5O3. The van der Waals surface area contributed by atoms with Gasteiger partial charge in [0, 0.05) is 43.7 Å². The van der Waals surface area contributed by atoms with Crippen LogP contribution in [0.2, 0.25) is 0 Å². The Balaban J connectivity index is 1.59. The summed E-state index contributed by atoms with van der Waals surface area (Å²) in [4.78, 5) is 36.2. The molecule has 1 fully saturated rings. The number of nitrogens with zero attached hydrogens (tertiary/aromatic N) is 4. The van der Waals surface area contributed by atoms with E-state index in [2.05, 4.69) is 20.4 Å². The molecule has 2 aromatic rings. The molecule has 3 rings (SSSR count). The summed E-state index contributed by atoms with van der Waals surface area (Å²) in [5.74, 6) is 2.06. The highest BCUT2D eigenvalue weighted by molar-refractivity contribution is 5.95. The largest absolute Gasteiger partial charge is 0.360 e. The van der Waals surface area contributed by atoms with Crippen molar-refractivity contribution < 1.29 is 14.1 Å². The molecule has 0 radical (unpaired) electrons. The van der Waals surface area contributed by atoms with E-state index in [1.807, 2.05) is 39.5 Å². The number of amides is 2. The molecule has 2 heterocycles. The summed E-state index contributed by atoms with van der Waals surface area (Å²) in [5.41, 5.74) is 1.84. The lowest BCUT2D eigenvalue weighted by Gasteiger charge is -2.30. The van der Waals surface area contributed by atoms with Gasteiger partial charge in [0.05, 0.1) is 11.3 Å². The zero-order valence-corrected chi connectivity index (χ0v) is 19.9. The van der Waals surface area contributed by atoms with Crippen LogP contribution in [-0.2, 0) is 0 Å². The topological polar surface area (TPSA) is 101 Å². The molecule has 1 N–H and O–H groups in total. The van der Waals surface area contributed by atoms with Crippen LogP contribution in [0.15, 0.2) is 16.8 Å². The van der Waals surface area contributed by atoms with E-state index in [1.54, 1.807) is 12.3 Å². The molecule has 174 valence electrons. The third-order valence-corrected chi connectivity index (χ3v) is 6.33. The predicted molar refractivity (Wildman–Crippen MR) is 122 cm³/mol. The maximum atomic E-state index is 13.0. The molecule has 0 atom stereocenters. The maximum Gasteiger partial charge on any atom is 0.273 e. The van der Waals surface area contributed by atoms with Gasteiger partial charge in [0.1, 0.15) is 11.6 Å². The number of carbonyl (C=O) groups excluding carboxylic acids is 2. The lowest BCUT2D eigenvalue weighted by atomic mass is 9.79. The standard InChI is InChI=1S/C24H35N5O3/c1-6-29(7-2)24(31)19-14-25-16(5)27-22(19)18-10-8-17(9-11-18)13-26-23(30)20-12-21(15(3)4)32-28-20/h12,14-15,17-18H,6-11,13H2,1-5H3,(H,26,30). The molecule has 0 unspecified atom stereocenters. The van der Waals surface area contributed by atoms with E-state index in [9.17, 15) is 9.59 Å². The highest BCUT2D eigenvalue weighted by atomic mass is 16.5. The molecule has 0 aromatic carbocycles. The molecule has 1 saturated carbocycles. The van der Waals surface area contributed by atoms with Gasteiger partial charge < -0.3 is 14.7 Å². The fraction of sp³-hybridized carbons (Fsp3) is 0.625. The van der Waals surface area contributed by atoms with Gasteiger partial charge in [-0.3, -0.25) is 9.59 Å². The third-order valence-electron chi connectivity index (χ3n) is 6.33. The highest BCUT2D eigenvalue weighted by Gasteiger charge is 2.29. The van der Waals surface area contributed by atoms with E-state index in [4.69, 9.17) is 4.52 Å². The van der Waals surface area contributed by atoms with Crippen LogP contribution < -0.4 is 5.32 Å². The summed E-state index contributed by atoms with van der Waals surface area (Å²) in [7, 11) is 0. The maximum absolute atomic E-state index is 13.0. The summed E-state index contributed by atoms with van der Waals surface area (Å²) in [6, 6.07) is 1.71. The zero-order chi connectivity index (χ0) is 23.3. The molecule has 0 bridgehead atoms. The van der Waals surface area contributed by atoms with Crippen LogP contribution in [0.5, 0.6) is 0 Å². The summed E-state index contributed by atoms with van der Waals surface area (Å²) in [6.45, 7) is 11.8. The molecule has 0 aliphatic heterocycles. The van der Waals surface area contributed by atoms with Gasteiger partial charge >= 0.3 is 0 Å². The minimum absolute atomic E-state index is 0.00719. The lowest BCUT2D eigenvalue weighted by molar-refractivity contribution is 0.0769. The van der Waals surface area contributed by atoms with E-state index in [-0.39, 0.29) is 23.7 Å². The Morgan fingerprint density at radius 3 is 2.47 bits per heavy atom. The fourth-order valence-electron chi connectivity index (χ4n) is 4.28. The van der Waals surface area contributed by atoms with Crippen LogP contribution in [0.25, 0.3) is 0 Å². The molecule has 32 heavy (non-hydrogen) atoms. The minimum Gasteiger partial charge on any atom is -0.360 e. The SMILES string of the molecule is CCN(CC)C(=O)c1cnc(C)nc1C1CCC(CNC(=O)c2cc(C(C)C)on2)CC1. The number of rotatable bonds is 8. The van der Waals surface area contributed by atoms with Crippen molar-refractivity contribution in [1.29, 1.82) is 0 Å². The first-order valence-corrected chi connectivity index (χ1v) is 11.7. The van der Waals surface area contributed by atoms with Gasteiger partial charge in [0.15, 0.2) is 5.69 Å². The Morgan fingerprint density at radius 2 is 1.88 bits per heavy atom. The van der Waals surface area contributed by atoms with Crippen LogP contribution >= 0.6 is 0 Å². The smallest absolute Gasteiger partial charge is 0.273 e. The van der Waals surface area contributed by atoms with Crippen LogP contribution in [0.3, 0.4) is 0 Å². The van der Waals surface area contributed by atoms with Crippen molar-refractivity contribution in [2.75, 3.05) is 19.6 Å². The first kappa shape index (κ1) is 23.9. The van der Waals surface area contributed by atoms with Gasteiger partial charge in [-0.1, -0.05) is 19.0 Å². The zero-order valence-electron chi connectivity index (χ0n) is 19.9. The number of aryl methyl sites for hydroxylation is 1.